The monoisotopic (exact) mass is 389 g/mol. The topological polar surface area (TPSA) is 72.7 Å². The zero-order chi connectivity index (χ0) is 20.6. The van der Waals surface area contributed by atoms with Crippen molar-refractivity contribution >= 4 is 12.1 Å². The second-order valence-electron chi connectivity index (χ2n) is 6.55. The van der Waals surface area contributed by atoms with Crippen LogP contribution in [0.2, 0.25) is 0 Å². The largest absolute Gasteiger partial charge is 0.494 e. The van der Waals surface area contributed by atoms with Gasteiger partial charge in [0.2, 0.25) is 0 Å². The molecule has 0 saturated heterocycles. The summed E-state index contributed by atoms with van der Waals surface area (Å²) >= 11 is 0. The van der Waals surface area contributed by atoms with E-state index in [1.807, 2.05) is 62.4 Å². The van der Waals surface area contributed by atoms with Crippen LogP contribution in [0.5, 0.6) is 5.75 Å². The van der Waals surface area contributed by atoms with Crippen molar-refractivity contribution in [3.8, 4) is 5.75 Å². The first kappa shape index (κ1) is 20.1. The summed E-state index contributed by atoms with van der Waals surface area (Å²) in [6.07, 6.45) is 3.18. The van der Waals surface area contributed by atoms with Gasteiger partial charge in [-0.15, -0.1) is 0 Å². The smallest absolute Gasteiger partial charge is 0.276 e. The third-order valence-corrected chi connectivity index (χ3v) is 4.29. The van der Waals surface area contributed by atoms with Crippen LogP contribution in [0, 0.1) is 6.92 Å². The van der Waals surface area contributed by atoms with Crippen molar-refractivity contribution in [1.82, 2.24) is 9.99 Å². The maximum atomic E-state index is 12.7. The van der Waals surface area contributed by atoms with Gasteiger partial charge in [-0.3, -0.25) is 9.59 Å². The first-order valence-corrected chi connectivity index (χ1v) is 9.38. The summed E-state index contributed by atoms with van der Waals surface area (Å²) in [5.41, 5.74) is 5.01. The summed E-state index contributed by atoms with van der Waals surface area (Å²) in [5, 5.41) is 3.96. The Balaban J connectivity index is 1.70. The van der Waals surface area contributed by atoms with E-state index < -0.39 is 5.91 Å². The summed E-state index contributed by atoms with van der Waals surface area (Å²) in [6.45, 7) is 4.88. The van der Waals surface area contributed by atoms with Crippen LogP contribution in [0.15, 0.2) is 76.8 Å². The number of benzene rings is 2. The molecule has 29 heavy (non-hydrogen) atoms. The number of hydrazone groups is 1. The highest BCUT2D eigenvalue weighted by Gasteiger charge is 2.11. The molecule has 1 aromatic heterocycles. The Morgan fingerprint density at radius 3 is 2.69 bits per heavy atom. The normalized spacial score (nSPS) is 10.8. The van der Waals surface area contributed by atoms with Crippen molar-refractivity contribution in [3.05, 3.63) is 99.5 Å². The maximum absolute atomic E-state index is 12.7. The van der Waals surface area contributed by atoms with Crippen LogP contribution in [0.25, 0.3) is 0 Å². The fraction of sp³-hybridized carbons (Fsp3) is 0.174. The minimum atomic E-state index is -0.550. The lowest BCUT2D eigenvalue weighted by atomic mass is 10.1. The third kappa shape index (κ3) is 5.42. The molecule has 0 bridgehead atoms. The molecule has 0 spiro atoms. The van der Waals surface area contributed by atoms with E-state index in [1.54, 1.807) is 12.3 Å². The van der Waals surface area contributed by atoms with Gasteiger partial charge < -0.3 is 9.30 Å². The van der Waals surface area contributed by atoms with E-state index in [0.29, 0.717) is 13.2 Å². The molecule has 0 saturated carbocycles. The Morgan fingerprint density at radius 1 is 1.14 bits per heavy atom. The predicted octanol–water partition coefficient (Wildman–Crippen LogP) is 3.37. The molecule has 2 aromatic carbocycles. The first-order chi connectivity index (χ1) is 14.1. The molecule has 1 heterocycles. The Labute approximate surface area is 169 Å². The molecule has 0 fully saturated rings. The van der Waals surface area contributed by atoms with Gasteiger partial charge in [0.25, 0.3) is 11.5 Å². The minimum absolute atomic E-state index is 0.0415. The number of carbonyl (C=O) groups is 1. The van der Waals surface area contributed by atoms with Gasteiger partial charge in [0, 0.05) is 6.20 Å². The van der Waals surface area contributed by atoms with Crippen LogP contribution in [0.4, 0.5) is 0 Å². The number of nitrogens with one attached hydrogen (secondary N) is 1. The lowest BCUT2D eigenvalue weighted by molar-refractivity contribution is 0.0953. The van der Waals surface area contributed by atoms with Crippen molar-refractivity contribution in [2.24, 2.45) is 5.10 Å². The van der Waals surface area contributed by atoms with Gasteiger partial charge in [-0.1, -0.05) is 42.0 Å². The highest BCUT2D eigenvalue weighted by molar-refractivity contribution is 5.94. The zero-order valence-corrected chi connectivity index (χ0v) is 16.5. The lowest BCUT2D eigenvalue weighted by Crippen LogP contribution is -2.30. The molecule has 6 heteroatoms. The van der Waals surface area contributed by atoms with Crippen LogP contribution < -0.4 is 15.7 Å². The van der Waals surface area contributed by atoms with Crippen LogP contribution >= 0.6 is 0 Å². The van der Waals surface area contributed by atoms with Gasteiger partial charge in [0.15, 0.2) is 0 Å². The van der Waals surface area contributed by atoms with Crippen LogP contribution in [0.1, 0.15) is 34.0 Å². The van der Waals surface area contributed by atoms with Gasteiger partial charge >= 0.3 is 0 Å². The molecule has 148 valence electrons. The number of aryl methyl sites for hydroxylation is 1. The molecule has 0 unspecified atom stereocenters. The molecule has 1 N–H and O–H groups in total. The second-order valence-corrected chi connectivity index (χ2v) is 6.55. The van der Waals surface area contributed by atoms with E-state index in [-0.39, 0.29) is 11.1 Å². The number of rotatable bonds is 7. The quantitative estimate of drug-likeness (QED) is 0.497. The van der Waals surface area contributed by atoms with Crippen molar-refractivity contribution in [2.45, 2.75) is 20.4 Å². The Bertz CT molecular complexity index is 1070. The summed E-state index contributed by atoms with van der Waals surface area (Å²) in [4.78, 5) is 25.1. The Morgan fingerprint density at radius 2 is 1.93 bits per heavy atom. The van der Waals surface area contributed by atoms with Crippen molar-refractivity contribution in [2.75, 3.05) is 6.61 Å². The predicted molar refractivity (Wildman–Crippen MR) is 114 cm³/mol. The molecule has 0 atom stereocenters. The van der Waals surface area contributed by atoms with Gasteiger partial charge in [-0.2, -0.15) is 5.10 Å². The van der Waals surface area contributed by atoms with Crippen LogP contribution in [-0.2, 0) is 6.54 Å². The zero-order valence-electron chi connectivity index (χ0n) is 16.5. The SMILES string of the molecule is CCOc1cccc(/C=N\NC(=O)c2cccn(Cc3ccc(C)cc3)c2=O)c1. The summed E-state index contributed by atoms with van der Waals surface area (Å²) in [6, 6.07) is 18.4. The number of pyridine rings is 1. The van der Waals surface area contributed by atoms with Gasteiger partial charge in [0.1, 0.15) is 11.3 Å². The van der Waals surface area contributed by atoms with Crippen molar-refractivity contribution < 1.29 is 9.53 Å². The molecule has 3 aromatic rings. The molecular weight excluding hydrogens is 366 g/mol. The highest BCUT2D eigenvalue weighted by Crippen LogP contribution is 2.11. The molecule has 0 aliphatic carbocycles. The maximum Gasteiger partial charge on any atom is 0.276 e. The molecular formula is C23H23N3O3. The van der Waals surface area contributed by atoms with Crippen LogP contribution in [0.3, 0.4) is 0 Å². The van der Waals surface area contributed by atoms with Crippen molar-refractivity contribution in [1.29, 1.82) is 0 Å². The average Bonchev–Trinajstić information content (AvgIpc) is 2.72. The van der Waals surface area contributed by atoms with E-state index in [0.717, 1.165) is 22.4 Å². The van der Waals surface area contributed by atoms with Gasteiger partial charge in [-0.05, 0) is 49.2 Å². The summed E-state index contributed by atoms with van der Waals surface area (Å²) in [5.74, 6) is 0.176. The van der Waals surface area contributed by atoms with Crippen molar-refractivity contribution in [3.63, 3.8) is 0 Å². The van der Waals surface area contributed by atoms with Crippen LogP contribution in [-0.4, -0.2) is 23.3 Å². The van der Waals surface area contributed by atoms with Gasteiger partial charge in [-0.25, -0.2) is 5.43 Å². The molecule has 0 aliphatic rings. The number of carbonyl (C=O) groups excluding carboxylic acids is 1. The Hall–Kier alpha value is -3.67. The summed E-state index contributed by atoms with van der Waals surface area (Å²) < 4.78 is 6.94. The second kappa shape index (κ2) is 9.50. The first-order valence-electron chi connectivity index (χ1n) is 9.38. The number of aromatic nitrogens is 1. The Kier molecular flexibility index (Phi) is 6.58. The fourth-order valence-electron chi connectivity index (χ4n) is 2.80. The third-order valence-electron chi connectivity index (χ3n) is 4.29. The van der Waals surface area contributed by atoms with E-state index in [2.05, 4.69) is 10.5 Å². The molecule has 0 aliphatic heterocycles. The fourth-order valence-corrected chi connectivity index (χ4v) is 2.80. The van der Waals surface area contributed by atoms with E-state index in [4.69, 9.17) is 4.74 Å². The number of nitrogens with zero attached hydrogens (tertiary/aromatic N) is 2. The molecule has 3 rings (SSSR count). The minimum Gasteiger partial charge on any atom is -0.494 e. The van der Waals surface area contributed by atoms with E-state index >= 15 is 0 Å². The molecule has 1 amide bonds. The standard InChI is InChI=1S/C23H23N3O3/c1-3-29-20-7-4-6-19(14-20)15-24-25-22(27)21-8-5-13-26(23(21)28)16-18-11-9-17(2)10-12-18/h4-15H,3,16H2,1-2H3,(H,25,27)/b24-15-. The number of ether oxygens (including phenoxy) is 1. The number of amides is 1. The highest BCUT2D eigenvalue weighted by atomic mass is 16.5. The van der Waals surface area contributed by atoms with E-state index in [1.165, 1.54) is 16.8 Å². The molecule has 6 nitrogen and oxygen atoms in total. The number of hydrogen-bond acceptors (Lipinski definition) is 4. The number of hydrogen-bond donors (Lipinski definition) is 1. The summed E-state index contributed by atoms with van der Waals surface area (Å²) in [7, 11) is 0. The van der Waals surface area contributed by atoms with Gasteiger partial charge in [0.05, 0.1) is 19.4 Å². The van der Waals surface area contributed by atoms with E-state index in [9.17, 15) is 9.59 Å². The average molecular weight is 389 g/mol. The molecule has 0 radical (unpaired) electrons. The lowest BCUT2D eigenvalue weighted by Gasteiger charge is -2.08.